The van der Waals surface area contributed by atoms with Crippen LogP contribution in [0.5, 0.6) is 0 Å². The standard InChI is InChI=1S/C26H31F3N4/c27-26(28,29)21-3-1-2-17(9-21)13-33-5-4-22-23(14-33)31-16-32-24(22)30-15-25-10-18-6-19(11-25)8-20(7-18)12-25/h1-3,9,16,18-20H,4-8,10-15H2,(H,30,31,32). The molecule has 1 aliphatic heterocycles. The van der Waals surface area contributed by atoms with E-state index in [1.165, 1.54) is 56.2 Å². The maximum absolute atomic E-state index is 13.1. The van der Waals surface area contributed by atoms with Gasteiger partial charge in [-0.2, -0.15) is 13.2 Å². The molecule has 7 rings (SSSR count). The second kappa shape index (κ2) is 7.97. The normalized spacial score (nSPS) is 30.9. The van der Waals surface area contributed by atoms with Crippen LogP contribution < -0.4 is 5.32 Å². The highest BCUT2D eigenvalue weighted by molar-refractivity contribution is 5.47. The van der Waals surface area contributed by atoms with Crippen LogP contribution in [0.25, 0.3) is 0 Å². The van der Waals surface area contributed by atoms with E-state index in [9.17, 15) is 13.2 Å². The van der Waals surface area contributed by atoms with Gasteiger partial charge in [0.2, 0.25) is 0 Å². The Morgan fingerprint density at radius 1 is 1.03 bits per heavy atom. The molecule has 4 saturated carbocycles. The lowest BCUT2D eigenvalue weighted by atomic mass is 9.49. The third kappa shape index (κ3) is 4.25. The van der Waals surface area contributed by atoms with Gasteiger partial charge in [0.05, 0.1) is 11.3 Å². The third-order valence-corrected chi connectivity index (χ3v) is 8.54. The minimum atomic E-state index is -4.31. The van der Waals surface area contributed by atoms with E-state index in [-0.39, 0.29) is 0 Å². The van der Waals surface area contributed by atoms with Crippen LogP contribution in [0.3, 0.4) is 0 Å². The summed E-state index contributed by atoms with van der Waals surface area (Å²) in [6.07, 6.45) is 6.58. The van der Waals surface area contributed by atoms with Gasteiger partial charge in [0.1, 0.15) is 12.1 Å². The molecular weight excluding hydrogens is 425 g/mol. The molecule has 4 nitrogen and oxygen atoms in total. The predicted molar refractivity (Wildman–Crippen MR) is 120 cm³/mol. The molecule has 0 radical (unpaired) electrons. The van der Waals surface area contributed by atoms with Gasteiger partial charge in [0, 0.05) is 31.7 Å². The van der Waals surface area contributed by atoms with Gasteiger partial charge in [-0.25, -0.2) is 9.97 Å². The van der Waals surface area contributed by atoms with E-state index in [1.54, 1.807) is 12.4 Å². The summed E-state index contributed by atoms with van der Waals surface area (Å²) in [5.74, 6) is 3.76. The monoisotopic (exact) mass is 456 g/mol. The van der Waals surface area contributed by atoms with Crippen molar-refractivity contribution in [3.63, 3.8) is 0 Å². The Balaban J connectivity index is 1.13. The van der Waals surface area contributed by atoms with Gasteiger partial charge in [-0.15, -0.1) is 0 Å². The summed E-state index contributed by atoms with van der Waals surface area (Å²) >= 11 is 0. The van der Waals surface area contributed by atoms with Crippen LogP contribution in [0.2, 0.25) is 0 Å². The van der Waals surface area contributed by atoms with Crippen LogP contribution >= 0.6 is 0 Å². The van der Waals surface area contributed by atoms with Crippen molar-refractivity contribution in [3.8, 4) is 0 Å². The highest BCUT2D eigenvalue weighted by Gasteiger charge is 2.50. The molecule has 0 spiro atoms. The second-order valence-electron chi connectivity index (χ2n) is 11.1. The van der Waals surface area contributed by atoms with Crippen LogP contribution in [-0.4, -0.2) is 28.0 Å². The van der Waals surface area contributed by atoms with E-state index in [0.29, 0.717) is 24.1 Å². The number of nitrogens with zero attached hydrogens (tertiary/aromatic N) is 3. The first-order chi connectivity index (χ1) is 15.9. The Kier molecular flexibility index (Phi) is 5.16. The van der Waals surface area contributed by atoms with Crippen molar-refractivity contribution < 1.29 is 13.2 Å². The number of fused-ring (bicyclic) bond motifs is 1. The molecule has 1 aromatic carbocycles. The molecule has 4 bridgehead atoms. The average molecular weight is 457 g/mol. The van der Waals surface area contributed by atoms with Gasteiger partial charge in [-0.05, 0) is 79.7 Å². The number of rotatable bonds is 5. The van der Waals surface area contributed by atoms with Crippen LogP contribution in [0.15, 0.2) is 30.6 Å². The maximum atomic E-state index is 13.1. The summed E-state index contributed by atoms with van der Waals surface area (Å²) in [6, 6.07) is 5.64. The van der Waals surface area contributed by atoms with Crippen molar-refractivity contribution in [2.45, 2.75) is 64.2 Å². The maximum Gasteiger partial charge on any atom is 0.416 e. The fourth-order valence-electron chi connectivity index (χ4n) is 7.58. The largest absolute Gasteiger partial charge is 0.416 e. The van der Waals surface area contributed by atoms with Crippen LogP contribution in [-0.2, 0) is 25.7 Å². The van der Waals surface area contributed by atoms with Gasteiger partial charge in [0.25, 0.3) is 0 Å². The number of benzene rings is 1. The molecule has 2 aromatic rings. The molecular formula is C26H31F3N4. The molecule has 1 aromatic heterocycles. The van der Waals surface area contributed by atoms with Gasteiger partial charge < -0.3 is 5.32 Å². The molecule has 2 heterocycles. The Hall–Kier alpha value is -2.15. The average Bonchev–Trinajstić information content (AvgIpc) is 2.76. The molecule has 33 heavy (non-hydrogen) atoms. The summed E-state index contributed by atoms with van der Waals surface area (Å²) in [6.45, 7) is 2.93. The summed E-state index contributed by atoms with van der Waals surface area (Å²) in [5, 5.41) is 3.72. The quantitative estimate of drug-likeness (QED) is 0.628. The van der Waals surface area contributed by atoms with Crippen molar-refractivity contribution in [1.82, 2.24) is 14.9 Å². The minimum absolute atomic E-state index is 0.441. The Morgan fingerprint density at radius 2 is 1.76 bits per heavy atom. The molecule has 0 saturated heterocycles. The minimum Gasteiger partial charge on any atom is -0.369 e. The lowest BCUT2D eigenvalue weighted by Gasteiger charge is -2.57. The van der Waals surface area contributed by atoms with E-state index in [2.05, 4.69) is 20.2 Å². The Morgan fingerprint density at radius 3 is 2.45 bits per heavy atom. The topological polar surface area (TPSA) is 41.1 Å². The molecule has 4 aliphatic carbocycles. The summed E-state index contributed by atoms with van der Waals surface area (Å²) in [5.41, 5.74) is 2.72. The molecule has 4 fully saturated rings. The van der Waals surface area contributed by atoms with Crippen LogP contribution in [0, 0.1) is 23.2 Å². The van der Waals surface area contributed by atoms with E-state index in [4.69, 9.17) is 0 Å². The molecule has 0 atom stereocenters. The lowest BCUT2D eigenvalue weighted by Crippen LogP contribution is -2.49. The molecule has 5 aliphatic rings. The molecule has 7 heteroatoms. The summed E-state index contributed by atoms with van der Waals surface area (Å²) in [7, 11) is 0. The number of anilines is 1. The van der Waals surface area contributed by atoms with E-state index >= 15 is 0 Å². The summed E-state index contributed by atoms with van der Waals surface area (Å²) in [4.78, 5) is 11.3. The SMILES string of the molecule is FC(F)(F)c1cccc(CN2CCc3c(ncnc3NCC34CC5CC(CC(C5)C3)C4)C2)c1. The number of nitrogens with one attached hydrogen (secondary N) is 1. The van der Waals surface area contributed by atoms with E-state index in [1.807, 2.05) is 0 Å². The summed E-state index contributed by atoms with van der Waals surface area (Å²) < 4.78 is 39.2. The number of aromatic nitrogens is 2. The highest BCUT2D eigenvalue weighted by atomic mass is 19.4. The zero-order valence-electron chi connectivity index (χ0n) is 18.9. The fraction of sp³-hybridized carbons (Fsp3) is 0.615. The zero-order valence-corrected chi connectivity index (χ0v) is 18.9. The van der Waals surface area contributed by atoms with Crippen molar-refractivity contribution in [1.29, 1.82) is 0 Å². The highest BCUT2D eigenvalue weighted by Crippen LogP contribution is 2.59. The van der Waals surface area contributed by atoms with E-state index < -0.39 is 11.7 Å². The van der Waals surface area contributed by atoms with Crippen molar-refractivity contribution >= 4 is 5.82 Å². The van der Waals surface area contributed by atoms with Crippen LogP contribution in [0.4, 0.5) is 19.0 Å². The first-order valence-corrected chi connectivity index (χ1v) is 12.3. The van der Waals surface area contributed by atoms with Crippen molar-refractivity contribution in [2.75, 3.05) is 18.4 Å². The first-order valence-electron chi connectivity index (χ1n) is 12.3. The predicted octanol–water partition coefficient (Wildman–Crippen LogP) is 5.68. The number of alkyl halides is 3. The number of halogens is 3. The Bertz CT molecular complexity index is 999. The number of hydrogen-bond acceptors (Lipinski definition) is 4. The molecule has 176 valence electrons. The number of hydrogen-bond donors (Lipinski definition) is 1. The molecule has 0 unspecified atom stereocenters. The first kappa shape index (κ1) is 21.4. The van der Waals surface area contributed by atoms with Crippen molar-refractivity contribution in [3.05, 3.63) is 53.0 Å². The van der Waals surface area contributed by atoms with Gasteiger partial charge in [-0.1, -0.05) is 18.2 Å². The zero-order chi connectivity index (χ0) is 22.6. The van der Waals surface area contributed by atoms with Crippen LogP contribution in [0.1, 0.15) is 60.9 Å². The van der Waals surface area contributed by atoms with Gasteiger partial charge >= 0.3 is 6.18 Å². The Labute approximate surface area is 193 Å². The third-order valence-electron chi connectivity index (χ3n) is 8.54. The van der Waals surface area contributed by atoms with Crippen molar-refractivity contribution in [2.24, 2.45) is 23.2 Å². The van der Waals surface area contributed by atoms with Gasteiger partial charge in [0.15, 0.2) is 0 Å². The van der Waals surface area contributed by atoms with Gasteiger partial charge in [-0.3, -0.25) is 4.90 Å². The fourth-order valence-corrected chi connectivity index (χ4v) is 7.58. The van der Waals surface area contributed by atoms with E-state index in [0.717, 1.165) is 54.8 Å². The molecule has 0 amide bonds. The smallest absolute Gasteiger partial charge is 0.369 e. The second-order valence-corrected chi connectivity index (χ2v) is 11.1. The molecule has 1 N–H and O–H groups in total. The lowest BCUT2D eigenvalue weighted by molar-refractivity contribution is -0.137.